The minimum absolute atomic E-state index is 0.00596. The Labute approximate surface area is 344 Å². The molecule has 8 aromatic rings. The normalized spacial score (nSPS) is 13.2. The molecule has 0 aliphatic heterocycles. The summed E-state index contributed by atoms with van der Waals surface area (Å²) in [5.74, 6) is 0.798. The predicted octanol–water partition coefficient (Wildman–Crippen LogP) is 14.0. The van der Waals surface area contributed by atoms with Crippen LogP contribution in [0.3, 0.4) is 0 Å². The first-order valence-electron chi connectivity index (χ1n) is 22.0. The SMILES string of the molecule is [2H]c1c([2H])c([2H])c(-c2ccnc(-c3cc(-c4cccc5c4nc(-c4cc(C)cc(C)c4O)n5-c4ccc(C)cc4-c4ccc(C(C)(C)C)cc4)cc(C(C)(C)C)c3)c2)c([2H])c1[2H]. The van der Waals surface area contributed by atoms with Gasteiger partial charge in [0.2, 0.25) is 0 Å². The fourth-order valence-corrected chi connectivity index (χ4v) is 7.62. The van der Waals surface area contributed by atoms with Gasteiger partial charge in [-0.25, -0.2) is 4.98 Å². The Morgan fingerprint density at radius 1 is 0.579 bits per heavy atom. The summed E-state index contributed by atoms with van der Waals surface area (Å²) in [6.45, 7) is 19.2. The summed E-state index contributed by atoms with van der Waals surface area (Å²) in [4.78, 5) is 10.2. The van der Waals surface area contributed by atoms with Crippen molar-refractivity contribution in [2.24, 2.45) is 0 Å². The lowest BCUT2D eigenvalue weighted by Gasteiger charge is -2.22. The largest absolute Gasteiger partial charge is 0.507 e. The molecule has 0 aliphatic rings. The molecule has 6 aromatic carbocycles. The van der Waals surface area contributed by atoms with E-state index in [1.165, 1.54) is 5.56 Å². The smallest absolute Gasteiger partial charge is 0.149 e. The van der Waals surface area contributed by atoms with Gasteiger partial charge in [-0.15, -0.1) is 0 Å². The molecule has 0 aliphatic carbocycles. The van der Waals surface area contributed by atoms with E-state index in [1.54, 1.807) is 18.3 Å². The second kappa shape index (κ2) is 14.4. The van der Waals surface area contributed by atoms with E-state index in [-0.39, 0.29) is 46.3 Å². The van der Waals surface area contributed by atoms with Crippen molar-refractivity contribution in [2.75, 3.05) is 0 Å². The summed E-state index contributed by atoms with van der Waals surface area (Å²) in [7, 11) is 0. The van der Waals surface area contributed by atoms with Gasteiger partial charge < -0.3 is 5.11 Å². The van der Waals surface area contributed by atoms with E-state index in [9.17, 15) is 5.11 Å². The van der Waals surface area contributed by atoms with Crippen LogP contribution in [-0.2, 0) is 10.8 Å². The van der Waals surface area contributed by atoms with Crippen LogP contribution in [0.4, 0.5) is 0 Å². The van der Waals surface area contributed by atoms with Crippen molar-refractivity contribution in [3.8, 4) is 67.5 Å². The average molecular weight is 751 g/mol. The van der Waals surface area contributed by atoms with Crippen LogP contribution in [0.1, 0.15) is 76.2 Å². The van der Waals surface area contributed by atoms with Crippen LogP contribution >= 0.6 is 0 Å². The van der Waals surface area contributed by atoms with Gasteiger partial charge >= 0.3 is 0 Å². The minimum atomic E-state index is -0.429. The summed E-state index contributed by atoms with van der Waals surface area (Å²) < 4.78 is 44.2. The summed E-state index contributed by atoms with van der Waals surface area (Å²) in [5.41, 5.74) is 14.1. The monoisotopic (exact) mass is 750 g/mol. The van der Waals surface area contributed by atoms with Crippen LogP contribution in [0.5, 0.6) is 5.75 Å². The number of aromatic nitrogens is 3. The van der Waals surface area contributed by atoms with E-state index < -0.39 is 6.04 Å². The zero-order valence-corrected chi connectivity index (χ0v) is 34.2. The van der Waals surface area contributed by atoms with Crippen molar-refractivity contribution < 1.29 is 12.0 Å². The van der Waals surface area contributed by atoms with Crippen molar-refractivity contribution in [3.05, 3.63) is 167 Å². The Hall–Kier alpha value is -6.26. The van der Waals surface area contributed by atoms with Gasteiger partial charge in [-0.3, -0.25) is 9.55 Å². The maximum atomic E-state index is 11.8. The molecule has 2 heterocycles. The molecule has 2 aromatic heterocycles. The topological polar surface area (TPSA) is 50.9 Å². The number of aromatic hydroxyl groups is 1. The average Bonchev–Trinajstić information content (AvgIpc) is 3.62. The Bertz CT molecular complexity index is 3050. The molecule has 0 bridgehead atoms. The number of phenolic OH excluding ortho intramolecular Hbond substituents is 1. The molecule has 0 spiro atoms. The van der Waals surface area contributed by atoms with Crippen LogP contribution in [0, 0.1) is 20.8 Å². The maximum Gasteiger partial charge on any atom is 0.149 e. The van der Waals surface area contributed by atoms with Gasteiger partial charge in [0.15, 0.2) is 0 Å². The maximum absolute atomic E-state index is 11.8. The van der Waals surface area contributed by atoms with Crippen molar-refractivity contribution in [2.45, 2.75) is 73.1 Å². The Kier molecular flexibility index (Phi) is 8.03. The van der Waals surface area contributed by atoms with Gasteiger partial charge in [0.05, 0.1) is 34.8 Å². The molecule has 284 valence electrons. The predicted molar refractivity (Wildman–Crippen MR) is 239 cm³/mol. The van der Waals surface area contributed by atoms with Gasteiger partial charge in [-0.1, -0.05) is 132 Å². The number of benzene rings is 6. The highest BCUT2D eigenvalue weighted by Crippen LogP contribution is 2.43. The van der Waals surface area contributed by atoms with E-state index in [0.29, 0.717) is 22.6 Å². The van der Waals surface area contributed by atoms with E-state index in [1.807, 2.05) is 32.0 Å². The van der Waals surface area contributed by atoms with Gasteiger partial charge in [-0.05, 0) is 125 Å². The highest BCUT2D eigenvalue weighted by Gasteiger charge is 2.25. The molecule has 0 radical (unpaired) electrons. The molecule has 8 rings (SSSR count). The van der Waals surface area contributed by atoms with Crippen LogP contribution in [-0.4, -0.2) is 19.6 Å². The molecule has 0 saturated heterocycles. The first-order chi connectivity index (χ1) is 29.2. The quantitative estimate of drug-likeness (QED) is 0.184. The number of hydrogen-bond acceptors (Lipinski definition) is 3. The second-order valence-electron chi connectivity index (χ2n) is 17.2. The van der Waals surface area contributed by atoms with E-state index in [2.05, 4.69) is 126 Å². The van der Waals surface area contributed by atoms with Crippen molar-refractivity contribution in [3.63, 3.8) is 0 Å². The molecular weight excluding hydrogens is 695 g/mol. The molecule has 0 atom stereocenters. The van der Waals surface area contributed by atoms with Crippen molar-refractivity contribution >= 4 is 11.0 Å². The second-order valence-corrected chi connectivity index (χ2v) is 17.2. The molecule has 0 saturated carbocycles. The van der Waals surface area contributed by atoms with Crippen LogP contribution in [0.25, 0.3) is 72.7 Å². The first kappa shape index (κ1) is 31.9. The van der Waals surface area contributed by atoms with Crippen molar-refractivity contribution in [1.82, 2.24) is 14.5 Å². The lowest BCUT2D eigenvalue weighted by molar-refractivity contribution is 0.472. The summed E-state index contributed by atoms with van der Waals surface area (Å²) in [6, 6.07) is 33.6. The highest BCUT2D eigenvalue weighted by molar-refractivity contribution is 5.98. The molecule has 0 amide bonds. The lowest BCUT2D eigenvalue weighted by atomic mass is 9.83. The third-order valence-electron chi connectivity index (χ3n) is 10.8. The summed E-state index contributed by atoms with van der Waals surface area (Å²) >= 11 is 0. The van der Waals surface area contributed by atoms with E-state index in [0.717, 1.165) is 66.8 Å². The number of pyridine rings is 1. The zero-order valence-electron chi connectivity index (χ0n) is 39.2. The zero-order chi connectivity index (χ0) is 44.6. The van der Waals surface area contributed by atoms with Gasteiger partial charge in [0, 0.05) is 22.9 Å². The third-order valence-corrected chi connectivity index (χ3v) is 10.8. The summed E-state index contributed by atoms with van der Waals surface area (Å²) in [5, 5.41) is 11.8. The number of para-hydroxylation sites is 1. The van der Waals surface area contributed by atoms with Gasteiger partial charge in [-0.2, -0.15) is 0 Å². The number of fused-ring (bicyclic) bond motifs is 1. The number of aryl methyl sites for hydroxylation is 3. The molecule has 4 heteroatoms. The number of rotatable bonds is 6. The molecule has 57 heavy (non-hydrogen) atoms. The standard InChI is InChI=1S/C53H51N3O/c1-33-18-23-47(44(27-33)37-19-21-41(22-20-37)52(4,5)6)56-48-17-13-16-43(49(48)55-51(56)45-28-34(2)26-35(3)50(45)57)39-29-40(31-42(30-39)53(7,8)9)46-32-38(24-25-54-46)36-14-11-10-12-15-36/h10-32,57H,1-9H3/i10D,11D,12D,14D,15D. The van der Waals surface area contributed by atoms with Crippen molar-refractivity contribution in [1.29, 1.82) is 0 Å². The van der Waals surface area contributed by atoms with Gasteiger partial charge in [0.1, 0.15) is 11.6 Å². The Morgan fingerprint density at radius 2 is 1.28 bits per heavy atom. The fourth-order valence-electron chi connectivity index (χ4n) is 7.62. The lowest BCUT2D eigenvalue weighted by Crippen LogP contribution is -2.11. The molecule has 4 nitrogen and oxygen atoms in total. The fraction of sp³-hybridized carbons (Fsp3) is 0.208. The number of hydrogen-bond donors (Lipinski definition) is 1. The van der Waals surface area contributed by atoms with E-state index in [4.69, 9.17) is 16.8 Å². The van der Waals surface area contributed by atoms with Crippen LogP contribution in [0.15, 0.2) is 140 Å². The molecule has 1 N–H and O–H groups in total. The minimum Gasteiger partial charge on any atom is -0.507 e. The molecule has 0 fully saturated rings. The third kappa shape index (κ3) is 7.29. The number of imidazole rings is 1. The Morgan fingerprint density at radius 3 is 2.00 bits per heavy atom. The first-order valence-corrected chi connectivity index (χ1v) is 19.5. The van der Waals surface area contributed by atoms with Crippen LogP contribution in [0.2, 0.25) is 0 Å². The molecular formula is C53H51N3O. The number of nitrogens with zero attached hydrogens (tertiary/aromatic N) is 3. The van der Waals surface area contributed by atoms with E-state index >= 15 is 0 Å². The highest BCUT2D eigenvalue weighted by atomic mass is 16.3. The van der Waals surface area contributed by atoms with Crippen LogP contribution < -0.4 is 0 Å². The van der Waals surface area contributed by atoms with Gasteiger partial charge in [0.25, 0.3) is 0 Å². The summed E-state index contributed by atoms with van der Waals surface area (Å²) in [6.07, 6.45) is 1.62. The molecule has 0 unspecified atom stereocenters. The Balaban J connectivity index is 1.39. The number of phenols is 1.